The SMILES string of the molecule is O=C(O)c1ccnc2c1OCCCO2. The lowest BCUT2D eigenvalue weighted by Crippen LogP contribution is -2.03. The summed E-state index contributed by atoms with van der Waals surface area (Å²) >= 11 is 0. The van der Waals surface area contributed by atoms with Crippen LogP contribution in [0.15, 0.2) is 12.3 Å². The standard InChI is InChI=1S/C9H9NO4/c11-9(12)6-2-3-10-8-7(6)13-4-1-5-14-8/h2-3H,1,4-5H2,(H,11,12). The minimum atomic E-state index is -1.03. The number of ether oxygens (including phenoxy) is 2. The lowest BCUT2D eigenvalue weighted by molar-refractivity contribution is 0.0692. The number of nitrogens with zero attached hydrogens (tertiary/aromatic N) is 1. The molecule has 0 amide bonds. The van der Waals surface area contributed by atoms with Crippen molar-refractivity contribution in [2.24, 2.45) is 0 Å². The van der Waals surface area contributed by atoms with E-state index in [1.54, 1.807) is 0 Å². The first-order chi connectivity index (χ1) is 6.79. The molecule has 0 fully saturated rings. The van der Waals surface area contributed by atoms with Crippen molar-refractivity contribution in [2.75, 3.05) is 13.2 Å². The average Bonchev–Trinajstić information content (AvgIpc) is 2.41. The van der Waals surface area contributed by atoms with Crippen molar-refractivity contribution >= 4 is 5.97 Å². The van der Waals surface area contributed by atoms with Crippen LogP contribution in [0.3, 0.4) is 0 Å². The van der Waals surface area contributed by atoms with Crippen LogP contribution in [0, 0.1) is 0 Å². The molecule has 0 aliphatic carbocycles. The third-order valence-electron chi connectivity index (χ3n) is 1.88. The molecule has 2 rings (SSSR count). The average molecular weight is 195 g/mol. The minimum absolute atomic E-state index is 0.0944. The number of aromatic nitrogens is 1. The third kappa shape index (κ3) is 1.48. The highest BCUT2D eigenvalue weighted by atomic mass is 16.5. The molecule has 5 nitrogen and oxygen atoms in total. The van der Waals surface area contributed by atoms with Gasteiger partial charge in [0.15, 0.2) is 5.75 Å². The van der Waals surface area contributed by atoms with Gasteiger partial charge in [-0.15, -0.1) is 0 Å². The van der Waals surface area contributed by atoms with Crippen LogP contribution in [-0.4, -0.2) is 29.3 Å². The zero-order valence-electron chi connectivity index (χ0n) is 7.40. The van der Waals surface area contributed by atoms with Crippen molar-refractivity contribution in [1.29, 1.82) is 0 Å². The molecular weight excluding hydrogens is 186 g/mol. The number of aromatic carboxylic acids is 1. The molecular formula is C9H9NO4. The van der Waals surface area contributed by atoms with Gasteiger partial charge >= 0.3 is 5.97 Å². The van der Waals surface area contributed by atoms with Gasteiger partial charge in [0.1, 0.15) is 5.56 Å². The first-order valence-corrected chi connectivity index (χ1v) is 4.27. The number of fused-ring (bicyclic) bond motifs is 1. The molecule has 2 heterocycles. The molecule has 74 valence electrons. The summed E-state index contributed by atoms with van der Waals surface area (Å²) in [5, 5.41) is 8.87. The molecule has 14 heavy (non-hydrogen) atoms. The number of hydrogen-bond donors (Lipinski definition) is 1. The van der Waals surface area contributed by atoms with Crippen molar-refractivity contribution in [3.8, 4) is 11.6 Å². The Bertz CT molecular complexity index is 364. The first-order valence-electron chi connectivity index (χ1n) is 4.27. The Morgan fingerprint density at radius 3 is 3.00 bits per heavy atom. The first kappa shape index (κ1) is 8.80. The number of pyridine rings is 1. The Hall–Kier alpha value is -1.78. The fourth-order valence-electron chi connectivity index (χ4n) is 1.24. The Morgan fingerprint density at radius 1 is 1.43 bits per heavy atom. The Morgan fingerprint density at radius 2 is 2.21 bits per heavy atom. The van der Waals surface area contributed by atoms with Crippen LogP contribution in [0.1, 0.15) is 16.8 Å². The van der Waals surface area contributed by atoms with Crippen LogP contribution in [0.4, 0.5) is 0 Å². The third-order valence-corrected chi connectivity index (χ3v) is 1.88. The number of carbonyl (C=O) groups is 1. The largest absolute Gasteiger partial charge is 0.487 e. The quantitative estimate of drug-likeness (QED) is 0.722. The molecule has 0 bridgehead atoms. The lowest BCUT2D eigenvalue weighted by atomic mass is 10.2. The molecule has 0 aromatic carbocycles. The molecule has 1 N–H and O–H groups in total. The van der Waals surface area contributed by atoms with Gasteiger partial charge in [-0.2, -0.15) is 0 Å². The smallest absolute Gasteiger partial charge is 0.339 e. The highest BCUT2D eigenvalue weighted by molar-refractivity contribution is 5.91. The highest BCUT2D eigenvalue weighted by Gasteiger charge is 2.19. The minimum Gasteiger partial charge on any atom is -0.487 e. The second kappa shape index (κ2) is 3.53. The molecule has 5 heteroatoms. The van der Waals surface area contributed by atoms with E-state index in [0.29, 0.717) is 13.2 Å². The summed E-state index contributed by atoms with van der Waals surface area (Å²) in [5.41, 5.74) is 0.0944. The van der Waals surface area contributed by atoms with Gasteiger partial charge in [0.2, 0.25) is 0 Å². The molecule has 1 aliphatic heterocycles. The van der Waals surface area contributed by atoms with Gasteiger partial charge in [-0.1, -0.05) is 0 Å². The second-order valence-electron chi connectivity index (χ2n) is 2.85. The lowest BCUT2D eigenvalue weighted by Gasteiger charge is -2.07. The van der Waals surface area contributed by atoms with Crippen molar-refractivity contribution < 1.29 is 19.4 Å². The van der Waals surface area contributed by atoms with E-state index in [0.717, 1.165) is 6.42 Å². The monoisotopic (exact) mass is 195 g/mol. The molecule has 1 aromatic heterocycles. The van der Waals surface area contributed by atoms with Crippen LogP contribution < -0.4 is 9.47 Å². The van der Waals surface area contributed by atoms with Gasteiger partial charge in [0.05, 0.1) is 13.2 Å². The molecule has 0 radical (unpaired) electrons. The fourth-order valence-corrected chi connectivity index (χ4v) is 1.24. The molecule has 0 unspecified atom stereocenters. The number of carboxylic acid groups (broad SMARTS) is 1. The van der Waals surface area contributed by atoms with E-state index in [2.05, 4.69) is 4.98 Å². The fraction of sp³-hybridized carbons (Fsp3) is 0.333. The molecule has 1 aromatic rings. The normalized spacial score (nSPS) is 14.6. The summed E-state index contributed by atoms with van der Waals surface area (Å²) in [5.74, 6) is -0.533. The van der Waals surface area contributed by atoms with Crippen LogP contribution in [-0.2, 0) is 0 Å². The van der Waals surface area contributed by atoms with Gasteiger partial charge < -0.3 is 14.6 Å². The summed E-state index contributed by atoms with van der Waals surface area (Å²) in [6.07, 6.45) is 2.13. The van der Waals surface area contributed by atoms with Gasteiger partial charge in [-0.25, -0.2) is 9.78 Å². The maximum absolute atomic E-state index is 10.8. The van der Waals surface area contributed by atoms with E-state index in [-0.39, 0.29) is 17.2 Å². The van der Waals surface area contributed by atoms with E-state index < -0.39 is 5.97 Å². The van der Waals surface area contributed by atoms with Gasteiger partial charge in [0, 0.05) is 12.6 Å². The molecule has 0 atom stereocenters. The van der Waals surface area contributed by atoms with Crippen LogP contribution in [0.5, 0.6) is 11.6 Å². The summed E-state index contributed by atoms with van der Waals surface area (Å²) in [6.45, 7) is 0.960. The number of rotatable bonds is 1. The summed E-state index contributed by atoms with van der Waals surface area (Å²) < 4.78 is 10.5. The van der Waals surface area contributed by atoms with E-state index in [4.69, 9.17) is 14.6 Å². The van der Waals surface area contributed by atoms with Crippen molar-refractivity contribution in [3.05, 3.63) is 17.8 Å². The zero-order chi connectivity index (χ0) is 9.97. The van der Waals surface area contributed by atoms with Crippen LogP contribution in [0.2, 0.25) is 0 Å². The number of hydrogen-bond acceptors (Lipinski definition) is 4. The predicted octanol–water partition coefficient (Wildman–Crippen LogP) is 0.941. The summed E-state index contributed by atoms with van der Waals surface area (Å²) in [6, 6.07) is 1.40. The second-order valence-corrected chi connectivity index (χ2v) is 2.85. The van der Waals surface area contributed by atoms with Gasteiger partial charge in [-0.3, -0.25) is 0 Å². The van der Waals surface area contributed by atoms with Crippen molar-refractivity contribution in [3.63, 3.8) is 0 Å². The van der Waals surface area contributed by atoms with E-state index in [9.17, 15) is 4.79 Å². The molecule has 1 aliphatic rings. The van der Waals surface area contributed by atoms with Crippen LogP contribution >= 0.6 is 0 Å². The Kier molecular flexibility index (Phi) is 2.22. The Balaban J connectivity index is 2.47. The maximum Gasteiger partial charge on any atom is 0.339 e. The highest BCUT2D eigenvalue weighted by Crippen LogP contribution is 2.30. The zero-order valence-corrected chi connectivity index (χ0v) is 7.40. The molecule has 0 saturated heterocycles. The summed E-state index contributed by atoms with van der Waals surface area (Å²) in [4.78, 5) is 14.7. The molecule has 0 saturated carbocycles. The number of carboxylic acids is 1. The maximum atomic E-state index is 10.8. The Labute approximate surface area is 80.3 Å². The van der Waals surface area contributed by atoms with E-state index in [1.807, 2.05) is 0 Å². The summed E-state index contributed by atoms with van der Waals surface area (Å²) in [7, 11) is 0. The van der Waals surface area contributed by atoms with Crippen LogP contribution in [0.25, 0.3) is 0 Å². The van der Waals surface area contributed by atoms with Crippen molar-refractivity contribution in [2.45, 2.75) is 6.42 Å². The predicted molar refractivity (Wildman–Crippen MR) is 46.8 cm³/mol. The molecule has 0 spiro atoms. The van der Waals surface area contributed by atoms with E-state index in [1.165, 1.54) is 12.3 Å². The van der Waals surface area contributed by atoms with E-state index >= 15 is 0 Å². The van der Waals surface area contributed by atoms with Crippen molar-refractivity contribution in [1.82, 2.24) is 4.98 Å². The van der Waals surface area contributed by atoms with Gasteiger partial charge in [0.25, 0.3) is 5.88 Å². The van der Waals surface area contributed by atoms with Gasteiger partial charge in [-0.05, 0) is 6.07 Å². The topological polar surface area (TPSA) is 68.7 Å².